The van der Waals surface area contributed by atoms with Crippen LogP contribution in [0.1, 0.15) is 0 Å². The SMILES string of the molecule is c1ccc2cc(N(c3ccc4ccc5ccc6c7ccccc7[se]c6c5c4c3)c3cccc4c3sc3ccccc34)ccc2c1. The average molecular weight is 655 g/mol. The average Bonchev–Trinajstić information content (AvgIpc) is 3.67. The Balaban J connectivity index is 1.30. The predicted octanol–water partition coefficient (Wildman–Crippen LogP) is 12.3. The summed E-state index contributed by atoms with van der Waals surface area (Å²) in [7, 11) is 0. The van der Waals surface area contributed by atoms with Gasteiger partial charge in [-0.05, 0) is 0 Å². The summed E-state index contributed by atoms with van der Waals surface area (Å²) in [4.78, 5) is 2.48. The molecule has 0 aliphatic rings. The van der Waals surface area contributed by atoms with Gasteiger partial charge in [-0.3, -0.25) is 0 Å². The number of nitrogens with zero attached hydrogens (tertiary/aromatic N) is 1. The fourth-order valence-corrected chi connectivity index (χ4v) is 11.0. The summed E-state index contributed by atoms with van der Waals surface area (Å²) in [6.45, 7) is 0. The summed E-state index contributed by atoms with van der Waals surface area (Å²) in [6.07, 6.45) is 0. The first-order valence-corrected chi connectivity index (χ1v) is 17.8. The molecule has 3 heteroatoms. The summed E-state index contributed by atoms with van der Waals surface area (Å²) in [5.41, 5.74) is 3.56. The van der Waals surface area contributed by atoms with E-state index in [2.05, 4.69) is 157 Å². The van der Waals surface area contributed by atoms with Gasteiger partial charge in [0.25, 0.3) is 0 Å². The Labute approximate surface area is 269 Å². The van der Waals surface area contributed by atoms with Crippen molar-refractivity contribution in [3.63, 3.8) is 0 Å². The maximum absolute atomic E-state index is 2.48. The van der Waals surface area contributed by atoms with Crippen molar-refractivity contribution >= 4 is 115 Å². The van der Waals surface area contributed by atoms with Crippen molar-refractivity contribution in [1.82, 2.24) is 0 Å². The summed E-state index contributed by atoms with van der Waals surface area (Å²) in [5.74, 6) is 0. The molecule has 10 aromatic rings. The van der Waals surface area contributed by atoms with Crippen LogP contribution in [-0.4, -0.2) is 14.5 Å². The van der Waals surface area contributed by atoms with Crippen LogP contribution in [0.25, 0.3) is 71.8 Å². The molecule has 0 bridgehead atoms. The molecule has 2 aromatic heterocycles. The van der Waals surface area contributed by atoms with Crippen LogP contribution >= 0.6 is 11.3 Å². The Morgan fingerprint density at radius 1 is 0.444 bits per heavy atom. The summed E-state index contributed by atoms with van der Waals surface area (Å²) < 4.78 is 5.62. The third-order valence-electron chi connectivity index (χ3n) is 9.20. The maximum atomic E-state index is 2.48. The number of benzene rings is 8. The van der Waals surface area contributed by atoms with Crippen molar-refractivity contribution < 1.29 is 0 Å². The van der Waals surface area contributed by atoms with Gasteiger partial charge in [-0.15, -0.1) is 0 Å². The number of fused-ring (bicyclic) bond motifs is 11. The first-order valence-electron chi connectivity index (χ1n) is 15.3. The molecule has 10 rings (SSSR count). The van der Waals surface area contributed by atoms with Gasteiger partial charge in [0, 0.05) is 0 Å². The van der Waals surface area contributed by atoms with Gasteiger partial charge >= 0.3 is 271 Å². The van der Waals surface area contributed by atoms with E-state index in [4.69, 9.17) is 0 Å². The Morgan fingerprint density at radius 3 is 2.07 bits per heavy atom. The molecule has 2 heterocycles. The first kappa shape index (κ1) is 25.4. The number of hydrogen-bond donors (Lipinski definition) is 0. The molecule has 1 nitrogen and oxygen atoms in total. The first-order chi connectivity index (χ1) is 22.3. The van der Waals surface area contributed by atoms with E-state index >= 15 is 0 Å². The van der Waals surface area contributed by atoms with Crippen molar-refractivity contribution in [1.29, 1.82) is 0 Å². The Morgan fingerprint density at radius 2 is 1.13 bits per heavy atom. The molecule has 0 N–H and O–H groups in total. The van der Waals surface area contributed by atoms with Gasteiger partial charge in [0.15, 0.2) is 0 Å². The van der Waals surface area contributed by atoms with Crippen LogP contribution in [0.3, 0.4) is 0 Å². The topological polar surface area (TPSA) is 3.24 Å². The van der Waals surface area contributed by atoms with E-state index in [0.29, 0.717) is 0 Å². The quantitative estimate of drug-likeness (QED) is 0.135. The Hall–Kier alpha value is -4.92. The molecule has 0 spiro atoms. The van der Waals surface area contributed by atoms with Gasteiger partial charge in [-0.25, -0.2) is 0 Å². The zero-order valence-corrected chi connectivity index (χ0v) is 26.7. The fraction of sp³-hybridized carbons (Fsp3) is 0. The van der Waals surface area contributed by atoms with Crippen molar-refractivity contribution in [3.8, 4) is 0 Å². The molecule has 0 fully saturated rings. The van der Waals surface area contributed by atoms with Crippen LogP contribution in [0.4, 0.5) is 17.1 Å². The third-order valence-corrected chi connectivity index (χ3v) is 12.9. The molecular weight excluding hydrogens is 629 g/mol. The van der Waals surface area contributed by atoms with Crippen molar-refractivity contribution in [2.75, 3.05) is 4.90 Å². The minimum atomic E-state index is 0.274. The van der Waals surface area contributed by atoms with Gasteiger partial charge in [-0.1, -0.05) is 0 Å². The molecule has 0 aliphatic heterocycles. The summed E-state index contributed by atoms with van der Waals surface area (Å²) in [6, 6.07) is 56.4. The van der Waals surface area contributed by atoms with Gasteiger partial charge in [0.05, 0.1) is 0 Å². The molecular formula is C42H25NSSe. The molecule has 210 valence electrons. The molecule has 0 radical (unpaired) electrons. The van der Waals surface area contributed by atoms with E-state index in [-0.39, 0.29) is 14.5 Å². The molecule has 8 aromatic carbocycles. The van der Waals surface area contributed by atoms with Crippen LogP contribution < -0.4 is 4.90 Å². The molecule has 0 amide bonds. The predicted molar refractivity (Wildman–Crippen MR) is 198 cm³/mol. The fourth-order valence-electron chi connectivity index (χ4n) is 7.10. The zero-order chi connectivity index (χ0) is 29.5. The normalized spacial score (nSPS) is 12.0. The molecule has 0 saturated heterocycles. The second-order valence-corrected chi connectivity index (χ2v) is 15.0. The summed E-state index contributed by atoms with van der Waals surface area (Å²) >= 11 is 2.16. The van der Waals surface area contributed by atoms with E-state index in [1.165, 1.54) is 88.8 Å². The molecule has 0 saturated carbocycles. The van der Waals surface area contributed by atoms with E-state index in [0.717, 1.165) is 0 Å². The molecule has 0 aliphatic carbocycles. The molecule has 0 unspecified atom stereocenters. The van der Waals surface area contributed by atoms with Crippen LogP contribution in [-0.2, 0) is 0 Å². The van der Waals surface area contributed by atoms with E-state index in [1.54, 1.807) is 0 Å². The second kappa shape index (κ2) is 9.79. The Bertz CT molecular complexity index is 2790. The van der Waals surface area contributed by atoms with E-state index < -0.39 is 0 Å². The van der Waals surface area contributed by atoms with Gasteiger partial charge in [-0.2, -0.15) is 0 Å². The third kappa shape index (κ3) is 3.85. The standard InChI is InChI=1S/C42H25NSSe/c1-2-9-29-24-30(21-18-26(29)8-1)43(37-13-7-12-34-32-10-3-5-14-38(32)44-41(34)37)31-22-19-27-16-17-28-20-23-35-33-11-4-6-15-39(33)45-42(35)40(28)36(27)25-31/h1-25H. The number of thiophene rings is 1. The van der Waals surface area contributed by atoms with Gasteiger partial charge < -0.3 is 0 Å². The summed E-state index contributed by atoms with van der Waals surface area (Å²) in [5, 5.41) is 13.3. The van der Waals surface area contributed by atoms with Crippen molar-refractivity contribution in [2.24, 2.45) is 0 Å². The molecule has 0 atom stereocenters. The van der Waals surface area contributed by atoms with E-state index in [1.807, 2.05) is 11.3 Å². The van der Waals surface area contributed by atoms with Crippen LogP contribution in [0, 0.1) is 0 Å². The zero-order valence-electron chi connectivity index (χ0n) is 24.2. The minimum absolute atomic E-state index is 0.274. The van der Waals surface area contributed by atoms with Gasteiger partial charge in [0.2, 0.25) is 0 Å². The van der Waals surface area contributed by atoms with Crippen LogP contribution in [0.5, 0.6) is 0 Å². The van der Waals surface area contributed by atoms with Crippen molar-refractivity contribution in [2.45, 2.75) is 0 Å². The van der Waals surface area contributed by atoms with Crippen LogP contribution in [0.2, 0.25) is 0 Å². The number of anilines is 3. The van der Waals surface area contributed by atoms with Gasteiger partial charge in [0.1, 0.15) is 0 Å². The Kier molecular flexibility index (Phi) is 5.53. The number of rotatable bonds is 3. The monoisotopic (exact) mass is 655 g/mol. The molecule has 45 heavy (non-hydrogen) atoms. The van der Waals surface area contributed by atoms with Crippen molar-refractivity contribution in [3.05, 3.63) is 152 Å². The van der Waals surface area contributed by atoms with Crippen LogP contribution in [0.15, 0.2) is 152 Å². The number of hydrogen-bond acceptors (Lipinski definition) is 2. The second-order valence-electron chi connectivity index (χ2n) is 11.7. The van der Waals surface area contributed by atoms with E-state index in [9.17, 15) is 0 Å².